The molecule has 0 radical (unpaired) electrons. The van der Waals surface area contributed by atoms with E-state index in [9.17, 15) is 23.1 Å². The summed E-state index contributed by atoms with van der Waals surface area (Å²) in [6, 6.07) is 8.93. The van der Waals surface area contributed by atoms with Crippen LogP contribution >= 0.6 is 0 Å². The van der Waals surface area contributed by atoms with Gasteiger partial charge in [0.15, 0.2) is 11.2 Å². The number of carboxylic acid groups (broad SMARTS) is 1. The number of carboxylic acids is 1. The van der Waals surface area contributed by atoms with E-state index < -0.39 is 23.3 Å². The van der Waals surface area contributed by atoms with Crippen molar-refractivity contribution >= 4 is 16.9 Å². The Kier molecular flexibility index (Phi) is 7.77. The zero-order chi connectivity index (χ0) is 28.5. The fourth-order valence-corrected chi connectivity index (χ4v) is 4.40. The van der Waals surface area contributed by atoms with Gasteiger partial charge < -0.3 is 14.4 Å². The van der Waals surface area contributed by atoms with Crippen molar-refractivity contribution in [3.05, 3.63) is 76.2 Å². The molecule has 0 bridgehead atoms. The molecule has 0 amide bonds. The van der Waals surface area contributed by atoms with Gasteiger partial charge in [0.2, 0.25) is 0 Å². The van der Waals surface area contributed by atoms with Crippen molar-refractivity contribution in [1.82, 2.24) is 14.9 Å². The van der Waals surface area contributed by atoms with Gasteiger partial charge in [-0.05, 0) is 74.8 Å². The van der Waals surface area contributed by atoms with E-state index in [1.54, 1.807) is 16.8 Å². The lowest BCUT2D eigenvalue weighted by Crippen LogP contribution is -2.38. The second-order valence-corrected chi connectivity index (χ2v) is 10.6. The third-order valence-electron chi connectivity index (χ3n) is 6.65. The summed E-state index contributed by atoms with van der Waals surface area (Å²) in [5.74, 6) is -0.485. The molecule has 2 aromatic carbocycles. The molecule has 1 N–H and O–H groups in total. The summed E-state index contributed by atoms with van der Waals surface area (Å²) in [6.07, 6.45) is -0.739. The van der Waals surface area contributed by atoms with Crippen LogP contribution in [0.15, 0.2) is 47.1 Å². The number of carbonyl (C=O) groups is 1. The first-order valence-corrected chi connectivity index (χ1v) is 12.8. The Morgan fingerprint density at radius 3 is 2.54 bits per heavy atom. The number of fused-ring (bicyclic) bond motifs is 1. The number of nitrogens with zero attached hydrogens (tertiary/aromatic N) is 3. The molecule has 208 valence electrons. The first kappa shape index (κ1) is 28.2. The van der Waals surface area contributed by atoms with Gasteiger partial charge in [-0.1, -0.05) is 37.2 Å². The highest BCUT2D eigenvalue weighted by Crippen LogP contribution is 2.32. The number of aryl methyl sites for hydroxylation is 5. The standard InChI is InChI=1S/C29H32F3N3O4/c1-17(2)26-20(16-35(33-26)12-11-19-7-6-8-21(14-19)29(30,31)32)9-10-23-22-13-18(3)24(15-25(22)39-34-23)38-28(4,5)27(36)37/h6-8,13-17H,9-12H2,1-5H3,(H,36,37). The van der Waals surface area contributed by atoms with Crippen molar-refractivity contribution in [3.63, 3.8) is 0 Å². The molecule has 4 rings (SSSR count). The van der Waals surface area contributed by atoms with E-state index in [0.29, 0.717) is 42.7 Å². The van der Waals surface area contributed by atoms with Gasteiger partial charge in [-0.15, -0.1) is 0 Å². The van der Waals surface area contributed by atoms with E-state index >= 15 is 0 Å². The third kappa shape index (κ3) is 6.43. The first-order valence-electron chi connectivity index (χ1n) is 12.8. The molecule has 0 fully saturated rings. The Balaban J connectivity index is 1.49. The molecule has 4 aromatic rings. The van der Waals surface area contributed by atoms with Gasteiger partial charge in [-0.2, -0.15) is 18.3 Å². The topological polar surface area (TPSA) is 90.4 Å². The van der Waals surface area contributed by atoms with Crippen LogP contribution in [0.2, 0.25) is 0 Å². The molecule has 0 aliphatic rings. The summed E-state index contributed by atoms with van der Waals surface area (Å²) < 4.78 is 52.2. The van der Waals surface area contributed by atoms with Crippen LogP contribution in [0.25, 0.3) is 11.0 Å². The number of alkyl halides is 3. The lowest BCUT2D eigenvalue weighted by atomic mass is 10.0. The highest BCUT2D eigenvalue weighted by molar-refractivity contribution is 5.83. The molecular formula is C29H32F3N3O4. The van der Waals surface area contributed by atoms with Crippen molar-refractivity contribution in [2.75, 3.05) is 0 Å². The van der Waals surface area contributed by atoms with Crippen molar-refractivity contribution in [2.45, 2.75) is 78.1 Å². The molecule has 7 nitrogen and oxygen atoms in total. The van der Waals surface area contributed by atoms with Crippen molar-refractivity contribution in [2.24, 2.45) is 0 Å². The Bertz CT molecular complexity index is 1480. The summed E-state index contributed by atoms with van der Waals surface area (Å²) in [4.78, 5) is 11.5. The minimum absolute atomic E-state index is 0.170. The van der Waals surface area contributed by atoms with Crippen molar-refractivity contribution in [3.8, 4) is 5.75 Å². The van der Waals surface area contributed by atoms with E-state index in [1.165, 1.54) is 26.0 Å². The number of ether oxygens (including phenoxy) is 1. The predicted octanol–water partition coefficient (Wildman–Crippen LogP) is 6.74. The number of hydrogen-bond acceptors (Lipinski definition) is 5. The fraction of sp³-hybridized carbons (Fsp3) is 0.414. The maximum atomic E-state index is 13.1. The second-order valence-electron chi connectivity index (χ2n) is 10.6. The molecule has 0 spiro atoms. The van der Waals surface area contributed by atoms with E-state index in [4.69, 9.17) is 14.4 Å². The molecular weight excluding hydrogens is 511 g/mol. The SMILES string of the molecule is Cc1cc2c(CCc3cn(CCc4cccc(C(F)(F)F)c4)nc3C(C)C)noc2cc1OC(C)(C)C(=O)O. The lowest BCUT2D eigenvalue weighted by Gasteiger charge is -2.22. The number of aliphatic carboxylic acids is 1. The van der Waals surface area contributed by atoms with Crippen LogP contribution in [-0.2, 0) is 36.8 Å². The van der Waals surface area contributed by atoms with Gasteiger partial charge in [0.25, 0.3) is 0 Å². The number of rotatable bonds is 10. The monoisotopic (exact) mass is 543 g/mol. The summed E-state index contributed by atoms with van der Waals surface area (Å²) in [7, 11) is 0. The molecule has 0 aliphatic carbocycles. The highest BCUT2D eigenvalue weighted by Gasteiger charge is 2.31. The van der Waals surface area contributed by atoms with Crippen LogP contribution in [0.5, 0.6) is 5.75 Å². The third-order valence-corrected chi connectivity index (χ3v) is 6.65. The van der Waals surface area contributed by atoms with Gasteiger partial charge in [-0.25, -0.2) is 4.79 Å². The Labute approximate surface area is 224 Å². The molecule has 0 saturated heterocycles. The van der Waals surface area contributed by atoms with Crippen LogP contribution in [0.1, 0.15) is 67.3 Å². The number of benzene rings is 2. The van der Waals surface area contributed by atoms with Crippen LogP contribution in [0, 0.1) is 6.92 Å². The normalized spacial score (nSPS) is 12.4. The zero-order valence-electron chi connectivity index (χ0n) is 22.6. The van der Waals surface area contributed by atoms with Gasteiger partial charge in [0, 0.05) is 24.2 Å². The average Bonchev–Trinajstić information content (AvgIpc) is 3.44. The minimum atomic E-state index is -4.37. The molecule has 0 aliphatic heterocycles. The molecule has 39 heavy (non-hydrogen) atoms. The molecule has 2 heterocycles. The molecule has 2 aromatic heterocycles. The molecule has 0 unspecified atom stereocenters. The van der Waals surface area contributed by atoms with Crippen LogP contribution < -0.4 is 4.74 Å². The van der Waals surface area contributed by atoms with Crippen molar-refractivity contribution < 1.29 is 32.3 Å². The van der Waals surface area contributed by atoms with Gasteiger partial charge in [0.1, 0.15) is 5.75 Å². The van der Waals surface area contributed by atoms with Gasteiger partial charge in [0.05, 0.1) is 17.0 Å². The molecule has 10 heteroatoms. The highest BCUT2D eigenvalue weighted by atomic mass is 19.4. The van der Waals surface area contributed by atoms with Gasteiger partial charge in [-0.3, -0.25) is 4.68 Å². The van der Waals surface area contributed by atoms with E-state index in [2.05, 4.69) is 19.0 Å². The molecule has 0 atom stereocenters. The Morgan fingerprint density at radius 2 is 1.87 bits per heavy atom. The van der Waals surface area contributed by atoms with Gasteiger partial charge >= 0.3 is 12.1 Å². The number of halogens is 3. The van der Waals surface area contributed by atoms with Crippen LogP contribution in [-0.4, -0.2) is 31.6 Å². The number of hydrogen-bond donors (Lipinski definition) is 1. The Morgan fingerprint density at radius 1 is 1.13 bits per heavy atom. The zero-order valence-corrected chi connectivity index (χ0v) is 22.6. The van der Waals surface area contributed by atoms with Crippen LogP contribution in [0.4, 0.5) is 13.2 Å². The first-order chi connectivity index (χ1) is 18.2. The maximum Gasteiger partial charge on any atom is 0.416 e. The second kappa shape index (κ2) is 10.7. The summed E-state index contributed by atoms with van der Waals surface area (Å²) in [6.45, 7) is 9.38. The maximum absolute atomic E-state index is 13.1. The van der Waals surface area contributed by atoms with E-state index in [-0.39, 0.29) is 5.92 Å². The largest absolute Gasteiger partial charge is 0.478 e. The van der Waals surface area contributed by atoms with Crippen LogP contribution in [0.3, 0.4) is 0 Å². The lowest BCUT2D eigenvalue weighted by molar-refractivity contribution is -0.152. The number of aromatic nitrogens is 3. The molecule has 0 saturated carbocycles. The van der Waals surface area contributed by atoms with E-state index in [0.717, 1.165) is 34.0 Å². The Hall–Kier alpha value is -3.82. The average molecular weight is 544 g/mol. The summed E-state index contributed by atoms with van der Waals surface area (Å²) in [5, 5.41) is 19.2. The van der Waals surface area contributed by atoms with E-state index in [1.807, 2.05) is 19.2 Å². The minimum Gasteiger partial charge on any atom is -0.478 e. The fourth-order valence-electron chi connectivity index (χ4n) is 4.40. The smallest absolute Gasteiger partial charge is 0.416 e. The summed E-state index contributed by atoms with van der Waals surface area (Å²) >= 11 is 0. The quantitative estimate of drug-likeness (QED) is 0.238. The predicted molar refractivity (Wildman–Crippen MR) is 140 cm³/mol. The summed E-state index contributed by atoms with van der Waals surface area (Å²) in [5.41, 5.74) is 2.59. The van der Waals surface area contributed by atoms with Crippen molar-refractivity contribution in [1.29, 1.82) is 0 Å².